The van der Waals surface area contributed by atoms with Gasteiger partial charge in [-0.25, -0.2) is 0 Å². The summed E-state index contributed by atoms with van der Waals surface area (Å²) in [5, 5.41) is 11.5. The first-order valence-corrected chi connectivity index (χ1v) is 8.86. The highest BCUT2D eigenvalue weighted by Gasteiger charge is 2.22. The lowest BCUT2D eigenvalue weighted by Gasteiger charge is -2.10. The third kappa shape index (κ3) is 2.39. The average Bonchev–Trinajstić information content (AvgIpc) is 2.92. The zero-order valence-electron chi connectivity index (χ0n) is 12.7. The molecule has 0 atom stereocenters. The first-order valence-electron chi connectivity index (χ1n) is 7.66. The molecular formula is C19H14ClNO2S. The molecule has 3 aromatic rings. The molecule has 4 rings (SSSR count). The summed E-state index contributed by atoms with van der Waals surface area (Å²) >= 11 is 7.69. The molecular weight excluding hydrogens is 342 g/mol. The van der Waals surface area contributed by atoms with Gasteiger partial charge in [-0.2, -0.15) is 0 Å². The minimum Gasteiger partial charge on any atom is -0.506 e. The van der Waals surface area contributed by atoms with E-state index >= 15 is 0 Å². The smallest absolute Gasteiger partial charge is 0.260 e. The van der Waals surface area contributed by atoms with Crippen LogP contribution >= 0.6 is 22.9 Å². The van der Waals surface area contributed by atoms with E-state index in [0.29, 0.717) is 20.1 Å². The molecule has 120 valence electrons. The number of aromatic amines is 1. The number of allylic oxidation sites excluding steroid dienone is 4. The molecule has 0 saturated heterocycles. The number of rotatable bonds is 2. The topological polar surface area (TPSA) is 53.1 Å². The molecule has 0 fully saturated rings. The molecule has 0 radical (unpaired) electrons. The average molecular weight is 356 g/mol. The largest absolute Gasteiger partial charge is 0.506 e. The minimum absolute atomic E-state index is 0.00597. The number of fused-ring (bicyclic) bond motifs is 1. The fraction of sp³-hybridized carbons (Fsp3) is 0.105. The fourth-order valence-corrected chi connectivity index (χ4v) is 4.43. The van der Waals surface area contributed by atoms with Gasteiger partial charge in [0.2, 0.25) is 0 Å². The van der Waals surface area contributed by atoms with Crippen molar-refractivity contribution in [2.24, 2.45) is 0 Å². The van der Waals surface area contributed by atoms with Gasteiger partial charge in [0.15, 0.2) is 0 Å². The van der Waals surface area contributed by atoms with Crippen LogP contribution in [0.5, 0.6) is 5.75 Å². The predicted molar refractivity (Wildman–Crippen MR) is 101 cm³/mol. The second kappa shape index (κ2) is 5.96. The Morgan fingerprint density at radius 2 is 1.92 bits per heavy atom. The van der Waals surface area contributed by atoms with Gasteiger partial charge >= 0.3 is 0 Å². The van der Waals surface area contributed by atoms with Crippen molar-refractivity contribution in [3.05, 3.63) is 68.8 Å². The lowest BCUT2D eigenvalue weighted by Crippen LogP contribution is -2.11. The summed E-state index contributed by atoms with van der Waals surface area (Å²) in [5.41, 5.74) is 2.44. The lowest BCUT2D eigenvalue weighted by atomic mass is 9.97. The highest BCUT2D eigenvalue weighted by atomic mass is 35.5. The molecule has 0 spiro atoms. The first-order chi connectivity index (χ1) is 11.7. The Morgan fingerprint density at radius 3 is 2.62 bits per heavy atom. The van der Waals surface area contributed by atoms with E-state index in [1.807, 2.05) is 48.6 Å². The molecule has 24 heavy (non-hydrogen) atoms. The van der Waals surface area contributed by atoms with E-state index < -0.39 is 0 Å². The van der Waals surface area contributed by atoms with E-state index in [1.54, 1.807) is 0 Å². The van der Waals surface area contributed by atoms with Crippen molar-refractivity contribution in [3.8, 4) is 16.9 Å². The van der Waals surface area contributed by atoms with E-state index in [-0.39, 0.29) is 11.3 Å². The lowest BCUT2D eigenvalue weighted by molar-refractivity contribution is 0.479. The van der Waals surface area contributed by atoms with Crippen LogP contribution in [0.1, 0.15) is 18.4 Å². The zero-order chi connectivity index (χ0) is 16.7. The molecule has 0 bridgehead atoms. The maximum Gasteiger partial charge on any atom is 0.260 e. The molecule has 1 aliphatic rings. The quantitative estimate of drug-likeness (QED) is 0.651. The standard InChI is InChI=1S/C19H14ClNO2S/c20-17-13(11-7-3-1-4-8-11)15-16(22)14(12-9-5-2-6-10-12)18(23)21-19(15)24-17/h1,3-5,7-10H,2,6H2,(H2,21,22,23). The van der Waals surface area contributed by atoms with Crippen LogP contribution in [-0.2, 0) is 0 Å². The Labute approximate surface area is 147 Å². The molecule has 2 N–H and O–H groups in total. The van der Waals surface area contributed by atoms with Gasteiger partial charge < -0.3 is 10.1 Å². The normalized spacial score (nSPS) is 14.1. The summed E-state index contributed by atoms with van der Waals surface area (Å²) in [6, 6.07) is 9.65. The summed E-state index contributed by atoms with van der Waals surface area (Å²) < 4.78 is 0.549. The van der Waals surface area contributed by atoms with Gasteiger partial charge in [0, 0.05) is 5.56 Å². The molecule has 2 aromatic heterocycles. The van der Waals surface area contributed by atoms with E-state index in [9.17, 15) is 9.90 Å². The monoisotopic (exact) mass is 355 g/mol. The minimum atomic E-state index is -0.296. The second-order valence-electron chi connectivity index (χ2n) is 5.64. The number of nitrogens with one attached hydrogen (secondary N) is 1. The van der Waals surface area contributed by atoms with Crippen LogP contribution in [0.25, 0.3) is 26.9 Å². The number of thiophene rings is 1. The molecule has 0 aliphatic heterocycles. The number of hydrogen-bond donors (Lipinski definition) is 2. The van der Waals surface area contributed by atoms with Crippen molar-refractivity contribution in [1.29, 1.82) is 0 Å². The maximum absolute atomic E-state index is 12.5. The molecule has 0 unspecified atom stereocenters. The summed E-state index contributed by atoms with van der Waals surface area (Å²) in [4.78, 5) is 15.9. The van der Waals surface area contributed by atoms with Gasteiger partial charge in [0.25, 0.3) is 5.56 Å². The second-order valence-corrected chi connectivity index (χ2v) is 7.26. The molecule has 2 heterocycles. The summed E-state index contributed by atoms with van der Waals surface area (Å²) in [6.45, 7) is 0. The Bertz CT molecular complexity index is 1040. The molecule has 0 saturated carbocycles. The molecule has 5 heteroatoms. The van der Waals surface area contributed by atoms with E-state index in [2.05, 4.69) is 4.98 Å². The summed E-state index contributed by atoms with van der Waals surface area (Å²) in [6.07, 6.45) is 7.68. The van der Waals surface area contributed by atoms with Gasteiger partial charge in [-0.1, -0.05) is 60.2 Å². The Morgan fingerprint density at radius 1 is 1.12 bits per heavy atom. The van der Waals surface area contributed by atoms with Crippen LogP contribution in [0, 0.1) is 0 Å². The molecule has 0 amide bonds. The van der Waals surface area contributed by atoms with Crippen molar-refractivity contribution in [3.63, 3.8) is 0 Å². The molecule has 1 aromatic carbocycles. The van der Waals surface area contributed by atoms with Crippen LogP contribution in [0.15, 0.2) is 53.4 Å². The third-order valence-electron chi connectivity index (χ3n) is 4.14. The van der Waals surface area contributed by atoms with Crippen LogP contribution in [-0.4, -0.2) is 10.1 Å². The Balaban J connectivity index is 2.06. The van der Waals surface area contributed by atoms with Gasteiger partial charge in [0.05, 0.1) is 10.9 Å². The molecule has 1 aliphatic carbocycles. The number of pyridine rings is 1. The maximum atomic E-state index is 12.5. The number of H-pyrrole nitrogens is 1. The number of halogens is 1. The Kier molecular flexibility index (Phi) is 3.79. The number of hydrogen-bond acceptors (Lipinski definition) is 3. The van der Waals surface area contributed by atoms with Crippen molar-refractivity contribution >= 4 is 38.7 Å². The summed E-state index contributed by atoms with van der Waals surface area (Å²) in [7, 11) is 0. The van der Waals surface area contributed by atoms with Gasteiger partial charge in [-0.05, 0) is 24.0 Å². The fourth-order valence-electron chi connectivity index (χ4n) is 3.04. The highest BCUT2D eigenvalue weighted by molar-refractivity contribution is 7.23. The SMILES string of the molecule is O=c1[nH]c2sc(Cl)c(-c3ccccc3)c2c(O)c1C1=CCCC=C1. The van der Waals surface area contributed by atoms with Crippen LogP contribution in [0.2, 0.25) is 4.34 Å². The summed E-state index contributed by atoms with van der Waals surface area (Å²) in [5.74, 6) is -0.00597. The number of benzene rings is 1. The van der Waals surface area contributed by atoms with Crippen LogP contribution < -0.4 is 5.56 Å². The van der Waals surface area contributed by atoms with E-state index in [4.69, 9.17) is 11.6 Å². The third-order valence-corrected chi connectivity index (χ3v) is 5.45. The Hall–Kier alpha value is -2.30. The predicted octanol–water partition coefficient (Wildman–Crippen LogP) is 5.35. The van der Waals surface area contributed by atoms with Crippen molar-refractivity contribution in [2.45, 2.75) is 12.8 Å². The molecule has 3 nitrogen and oxygen atoms in total. The number of aromatic nitrogens is 1. The van der Waals surface area contributed by atoms with Crippen LogP contribution in [0.4, 0.5) is 0 Å². The van der Waals surface area contributed by atoms with Gasteiger partial charge in [-0.15, -0.1) is 11.3 Å². The van der Waals surface area contributed by atoms with Crippen molar-refractivity contribution in [1.82, 2.24) is 4.98 Å². The highest BCUT2D eigenvalue weighted by Crippen LogP contribution is 2.46. The zero-order valence-corrected chi connectivity index (χ0v) is 14.2. The van der Waals surface area contributed by atoms with Crippen molar-refractivity contribution < 1.29 is 5.11 Å². The van der Waals surface area contributed by atoms with E-state index in [0.717, 1.165) is 29.5 Å². The van der Waals surface area contributed by atoms with Gasteiger partial charge in [-0.3, -0.25) is 4.79 Å². The van der Waals surface area contributed by atoms with Crippen molar-refractivity contribution in [2.75, 3.05) is 0 Å². The number of aromatic hydroxyl groups is 1. The van der Waals surface area contributed by atoms with Crippen LogP contribution in [0.3, 0.4) is 0 Å². The first kappa shape index (κ1) is 15.2. The van der Waals surface area contributed by atoms with Gasteiger partial charge in [0.1, 0.15) is 14.9 Å². The van der Waals surface area contributed by atoms with E-state index in [1.165, 1.54) is 11.3 Å².